The summed E-state index contributed by atoms with van der Waals surface area (Å²) in [4.78, 5) is 11.9. The van der Waals surface area contributed by atoms with Gasteiger partial charge in [0, 0.05) is 6.08 Å². The van der Waals surface area contributed by atoms with Crippen LogP contribution >= 0.6 is 0 Å². The zero-order valence-electron chi connectivity index (χ0n) is 27.5. The third-order valence-corrected chi connectivity index (χ3v) is 7.70. The van der Waals surface area contributed by atoms with E-state index in [0.29, 0.717) is 6.61 Å². The molecule has 0 radical (unpaired) electrons. The Morgan fingerprint density at radius 1 is 0.650 bits per heavy atom. The average Bonchev–Trinajstić information content (AvgIpc) is 2.90. The Bertz CT molecular complexity index is 722. The van der Waals surface area contributed by atoms with Gasteiger partial charge in [0.2, 0.25) is 0 Å². The van der Waals surface area contributed by atoms with E-state index < -0.39 is 0 Å². The molecule has 0 rings (SSSR count). The van der Waals surface area contributed by atoms with E-state index in [1.54, 1.807) is 6.08 Å². The number of esters is 1. The fourth-order valence-electron chi connectivity index (χ4n) is 4.91. The topological polar surface area (TPSA) is 26.3 Å². The molecular weight excluding hydrogens is 488 g/mol. The SMILES string of the molecule is CCCCCCCCCC=CC=CC=CC=CC(=O)OC/C=C(\C)CCC[C@H](C)CCC[C@H](C)CCCC(C)C. The Balaban J connectivity index is 3.82. The van der Waals surface area contributed by atoms with Gasteiger partial charge in [-0.05, 0) is 56.4 Å². The number of carbonyl (C=O) groups is 1. The highest BCUT2D eigenvalue weighted by Gasteiger charge is 2.07. The lowest BCUT2D eigenvalue weighted by atomic mass is 9.91. The van der Waals surface area contributed by atoms with Crippen molar-refractivity contribution >= 4 is 5.97 Å². The van der Waals surface area contributed by atoms with Crippen LogP contribution in [0.5, 0.6) is 0 Å². The molecule has 0 aromatic heterocycles. The van der Waals surface area contributed by atoms with E-state index in [2.05, 4.69) is 53.7 Å². The third kappa shape index (κ3) is 29.2. The molecule has 0 fully saturated rings. The Kier molecular flexibility index (Phi) is 27.4. The first kappa shape index (κ1) is 38.2. The van der Waals surface area contributed by atoms with Gasteiger partial charge in [-0.15, -0.1) is 0 Å². The van der Waals surface area contributed by atoms with Gasteiger partial charge in [-0.1, -0.05) is 166 Å². The van der Waals surface area contributed by atoms with Crippen molar-refractivity contribution in [2.45, 2.75) is 151 Å². The molecule has 0 aliphatic rings. The van der Waals surface area contributed by atoms with Crippen molar-refractivity contribution in [1.29, 1.82) is 0 Å². The minimum absolute atomic E-state index is 0.292. The van der Waals surface area contributed by atoms with Crippen LogP contribution in [-0.4, -0.2) is 12.6 Å². The second-order valence-electron chi connectivity index (χ2n) is 12.5. The van der Waals surface area contributed by atoms with Gasteiger partial charge < -0.3 is 4.74 Å². The molecule has 2 atom stereocenters. The first-order valence-corrected chi connectivity index (χ1v) is 16.8. The third-order valence-electron chi connectivity index (χ3n) is 7.70. The van der Waals surface area contributed by atoms with Crippen molar-refractivity contribution < 1.29 is 9.53 Å². The lowest BCUT2D eigenvalue weighted by molar-refractivity contribution is -0.136. The molecule has 0 spiro atoms. The maximum atomic E-state index is 11.9. The summed E-state index contributed by atoms with van der Waals surface area (Å²) < 4.78 is 5.31. The number of unbranched alkanes of at least 4 members (excludes halogenated alkanes) is 7. The predicted molar refractivity (Wildman–Crippen MR) is 179 cm³/mol. The first-order chi connectivity index (χ1) is 19.3. The molecule has 0 unspecified atom stereocenters. The van der Waals surface area contributed by atoms with Crippen molar-refractivity contribution in [1.82, 2.24) is 0 Å². The van der Waals surface area contributed by atoms with Crippen LogP contribution in [0.1, 0.15) is 151 Å². The summed E-state index contributed by atoms with van der Waals surface area (Å²) in [7, 11) is 0. The number of rotatable bonds is 26. The molecule has 0 saturated carbocycles. The van der Waals surface area contributed by atoms with Crippen LogP contribution in [0.3, 0.4) is 0 Å². The van der Waals surface area contributed by atoms with E-state index in [-0.39, 0.29) is 5.97 Å². The van der Waals surface area contributed by atoms with Gasteiger partial charge in [-0.3, -0.25) is 0 Å². The van der Waals surface area contributed by atoms with Gasteiger partial charge in [-0.25, -0.2) is 4.79 Å². The Hall–Kier alpha value is -1.83. The summed E-state index contributed by atoms with van der Waals surface area (Å²) in [5.74, 6) is 2.22. The van der Waals surface area contributed by atoms with Crippen LogP contribution in [0, 0.1) is 17.8 Å². The fraction of sp³-hybridized carbons (Fsp3) is 0.711. The molecule has 0 aliphatic carbocycles. The van der Waals surface area contributed by atoms with Crippen LogP contribution in [-0.2, 0) is 9.53 Å². The quantitative estimate of drug-likeness (QED) is 0.0349. The van der Waals surface area contributed by atoms with Gasteiger partial charge in [0.1, 0.15) is 6.61 Å². The molecule has 0 aromatic carbocycles. The van der Waals surface area contributed by atoms with Crippen LogP contribution < -0.4 is 0 Å². The maximum Gasteiger partial charge on any atom is 0.331 e. The van der Waals surface area contributed by atoms with Gasteiger partial charge in [0.05, 0.1) is 0 Å². The summed E-state index contributed by atoms with van der Waals surface area (Å²) >= 11 is 0. The highest BCUT2D eigenvalue weighted by molar-refractivity contribution is 5.82. The Morgan fingerprint density at radius 3 is 1.85 bits per heavy atom. The van der Waals surface area contributed by atoms with Gasteiger partial charge in [0.15, 0.2) is 0 Å². The number of ether oxygens (including phenoxy) is 1. The van der Waals surface area contributed by atoms with Crippen LogP contribution in [0.2, 0.25) is 0 Å². The highest BCUT2D eigenvalue weighted by atomic mass is 16.5. The molecule has 0 aliphatic heterocycles. The molecule has 2 heteroatoms. The Morgan fingerprint density at radius 2 is 1.20 bits per heavy atom. The van der Waals surface area contributed by atoms with E-state index in [1.807, 2.05) is 30.4 Å². The molecule has 0 bridgehead atoms. The fourth-order valence-corrected chi connectivity index (χ4v) is 4.91. The predicted octanol–water partition coefficient (Wildman–Crippen LogP) is 12.3. The van der Waals surface area contributed by atoms with E-state index in [0.717, 1.165) is 30.6 Å². The molecule has 40 heavy (non-hydrogen) atoms. The summed E-state index contributed by atoms with van der Waals surface area (Å²) in [6, 6.07) is 0. The van der Waals surface area contributed by atoms with E-state index >= 15 is 0 Å². The van der Waals surface area contributed by atoms with Crippen molar-refractivity contribution in [3.8, 4) is 0 Å². The second kappa shape index (κ2) is 28.7. The van der Waals surface area contributed by atoms with Crippen LogP contribution in [0.25, 0.3) is 0 Å². The Labute approximate surface area is 250 Å². The van der Waals surface area contributed by atoms with Crippen molar-refractivity contribution in [2.75, 3.05) is 6.61 Å². The van der Waals surface area contributed by atoms with Crippen molar-refractivity contribution in [3.05, 3.63) is 60.3 Å². The lowest BCUT2D eigenvalue weighted by Gasteiger charge is -2.15. The standard InChI is InChI=1S/C38H66O2/c1-7-8-9-10-11-12-13-14-15-16-17-18-19-20-21-31-38(39)40-33-32-37(6)30-24-29-36(5)28-23-27-35(4)26-22-25-34(2)3/h15-21,31-32,34-36H,7-14,22-30,33H2,1-6H3/b16-15?,18-17?,20-19?,31-21?,37-32+/t35-,36-/m1/s1. The molecule has 0 amide bonds. The molecule has 2 nitrogen and oxygen atoms in total. The highest BCUT2D eigenvalue weighted by Crippen LogP contribution is 2.22. The summed E-state index contributed by atoms with van der Waals surface area (Å²) in [5, 5.41) is 0. The summed E-state index contributed by atoms with van der Waals surface area (Å²) in [6.45, 7) is 14.2. The molecule has 0 heterocycles. The average molecular weight is 555 g/mol. The van der Waals surface area contributed by atoms with E-state index in [1.165, 1.54) is 108 Å². The summed E-state index contributed by atoms with van der Waals surface area (Å²) in [5.41, 5.74) is 1.31. The zero-order chi connectivity index (χ0) is 29.7. The molecular formula is C38H66O2. The smallest absolute Gasteiger partial charge is 0.331 e. The maximum absolute atomic E-state index is 11.9. The van der Waals surface area contributed by atoms with Crippen molar-refractivity contribution in [3.63, 3.8) is 0 Å². The van der Waals surface area contributed by atoms with Crippen LogP contribution in [0.4, 0.5) is 0 Å². The van der Waals surface area contributed by atoms with Gasteiger partial charge >= 0.3 is 5.97 Å². The molecule has 0 aromatic rings. The molecule has 0 N–H and O–H groups in total. The number of hydrogen-bond donors (Lipinski definition) is 0. The number of allylic oxidation sites excluding steroid dienone is 8. The van der Waals surface area contributed by atoms with E-state index in [9.17, 15) is 4.79 Å². The normalized spacial score (nSPS) is 14.4. The van der Waals surface area contributed by atoms with Gasteiger partial charge in [-0.2, -0.15) is 0 Å². The second-order valence-corrected chi connectivity index (χ2v) is 12.5. The summed E-state index contributed by atoms with van der Waals surface area (Å²) in [6.07, 6.45) is 39.9. The van der Waals surface area contributed by atoms with Crippen molar-refractivity contribution in [2.24, 2.45) is 17.8 Å². The molecule has 0 saturated heterocycles. The zero-order valence-corrected chi connectivity index (χ0v) is 27.5. The van der Waals surface area contributed by atoms with E-state index in [4.69, 9.17) is 4.74 Å². The molecule has 230 valence electrons. The largest absolute Gasteiger partial charge is 0.458 e. The first-order valence-electron chi connectivity index (χ1n) is 16.8. The minimum Gasteiger partial charge on any atom is -0.458 e. The van der Waals surface area contributed by atoms with Gasteiger partial charge in [0.25, 0.3) is 0 Å². The van der Waals surface area contributed by atoms with Crippen LogP contribution in [0.15, 0.2) is 60.3 Å². The lowest BCUT2D eigenvalue weighted by Crippen LogP contribution is -2.01. The number of hydrogen-bond acceptors (Lipinski definition) is 2. The number of carbonyl (C=O) groups excluding carboxylic acids is 1. The minimum atomic E-state index is -0.292. The monoisotopic (exact) mass is 555 g/mol.